The van der Waals surface area contributed by atoms with E-state index in [0.29, 0.717) is 0 Å². The maximum Gasteiger partial charge on any atom is 0.297 e. The van der Waals surface area contributed by atoms with Gasteiger partial charge in [-0.2, -0.15) is 0 Å². The SMILES string of the molecule is CC(C)(C)C(=O)O[Si](C)(C)C. The van der Waals surface area contributed by atoms with Gasteiger partial charge in [-0.25, -0.2) is 0 Å². The van der Waals surface area contributed by atoms with Crippen LogP contribution in [0.2, 0.25) is 19.6 Å². The summed E-state index contributed by atoms with van der Waals surface area (Å²) < 4.78 is 5.30. The summed E-state index contributed by atoms with van der Waals surface area (Å²) in [4.78, 5) is 11.3. The van der Waals surface area contributed by atoms with E-state index < -0.39 is 8.32 Å². The van der Waals surface area contributed by atoms with Crippen LogP contribution in [0.1, 0.15) is 20.8 Å². The normalized spacial score (nSPS) is 12.9. The molecule has 11 heavy (non-hydrogen) atoms. The molecule has 0 aromatic carbocycles. The van der Waals surface area contributed by atoms with E-state index in [0.717, 1.165) is 0 Å². The number of carbonyl (C=O) groups excluding carboxylic acids is 1. The molecule has 0 atom stereocenters. The first kappa shape index (κ1) is 10.7. The van der Waals surface area contributed by atoms with Crippen LogP contribution in [-0.4, -0.2) is 14.3 Å². The highest BCUT2D eigenvalue weighted by atomic mass is 28.4. The van der Waals surface area contributed by atoms with E-state index in [1.165, 1.54) is 0 Å². The fourth-order valence-corrected chi connectivity index (χ4v) is 1.29. The predicted molar refractivity (Wildman–Crippen MR) is 48.9 cm³/mol. The first-order valence-corrected chi connectivity index (χ1v) is 7.27. The lowest BCUT2D eigenvalue weighted by atomic mass is 9.98. The van der Waals surface area contributed by atoms with Crippen molar-refractivity contribution >= 4 is 14.3 Å². The average molecular weight is 174 g/mol. The third-order valence-corrected chi connectivity index (χ3v) is 1.81. The van der Waals surface area contributed by atoms with Crippen LogP contribution in [0, 0.1) is 5.41 Å². The molecule has 0 aromatic rings. The number of hydrogen-bond donors (Lipinski definition) is 0. The lowest BCUT2D eigenvalue weighted by Gasteiger charge is -2.24. The van der Waals surface area contributed by atoms with Crippen LogP contribution >= 0.6 is 0 Å². The van der Waals surface area contributed by atoms with Gasteiger partial charge in [0.2, 0.25) is 8.32 Å². The summed E-state index contributed by atoms with van der Waals surface area (Å²) in [6.45, 7) is 11.6. The molecule has 0 rings (SSSR count). The second kappa shape index (κ2) is 2.97. The van der Waals surface area contributed by atoms with E-state index >= 15 is 0 Å². The number of hydrogen-bond acceptors (Lipinski definition) is 2. The topological polar surface area (TPSA) is 26.3 Å². The molecule has 0 spiro atoms. The van der Waals surface area contributed by atoms with Gasteiger partial charge in [-0.15, -0.1) is 0 Å². The van der Waals surface area contributed by atoms with Gasteiger partial charge < -0.3 is 4.43 Å². The third kappa shape index (κ3) is 5.01. The van der Waals surface area contributed by atoms with Gasteiger partial charge in [0.15, 0.2) is 0 Å². The van der Waals surface area contributed by atoms with Crippen molar-refractivity contribution in [1.82, 2.24) is 0 Å². The first-order chi connectivity index (χ1) is 4.63. The first-order valence-electron chi connectivity index (χ1n) is 3.86. The second-order valence-corrected chi connectivity index (χ2v) is 9.18. The minimum Gasteiger partial charge on any atom is -0.519 e. The molecule has 0 aromatic heterocycles. The van der Waals surface area contributed by atoms with E-state index in [1.54, 1.807) is 0 Å². The van der Waals surface area contributed by atoms with E-state index in [1.807, 2.05) is 40.4 Å². The number of rotatable bonds is 1. The van der Waals surface area contributed by atoms with Gasteiger partial charge in [-0.05, 0) is 40.4 Å². The predicted octanol–water partition coefficient (Wildman–Crippen LogP) is 2.41. The van der Waals surface area contributed by atoms with Crippen LogP contribution in [-0.2, 0) is 9.22 Å². The molecule has 0 saturated carbocycles. The van der Waals surface area contributed by atoms with Crippen molar-refractivity contribution in [3.63, 3.8) is 0 Å². The molecule has 0 amide bonds. The smallest absolute Gasteiger partial charge is 0.297 e. The Bertz CT molecular complexity index is 150. The maximum absolute atomic E-state index is 11.3. The molecule has 3 heteroatoms. The summed E-state index contributed by atoms with van der Waals surface area (Å²) in [6.07, 6.45) is 0. The van der Waals surface area contributed by atoms with Crippen molar-refractivity contribution < 1.29 is 9.22 Å². The van der Waals surface area contributed by atoms with Gasteiger partial charge in [0, 0.05) is 0 Å². The van der Waals surface area contributed by atoms with Crippen LogP contribution in [0.4, 0.5) is 0 Å². The second-order valence-electron chi connectivity index (χ2n) is 4.75. The molecule has 0 unspecified atom stereocenters. The van der Waals surface area contributed by atoms with Crippen molar-refractivity contribution in [2.24, 2.45) is 5.41 Å². The summed E-state index contributed by atoms with van der Waals surface area (Å²) in [6, 6.07) is 0. The third-order valence-electron chi connectivity index (χ3n) is 1.01. The molecular formula is C8H18O2Si. The summed E-state index contributed by atoms with van der Waals surface area (Å²) >= 11 is 0. The fraction of sp³-hybridized carbons (Fsp3) is 0.875. The van der Waals surface area contributed by atoms with Gasteiger partial charge in [0.25, 0.3) is 5.97 Å². The van der Waals surface area contributed by atoms with Crippen molar-refractivity contribution in [3.05, 3.63) is 0 Å². The Morgan fingerprint density at radius 2 is 1.55 bits per heavy atom. The van der Waals surface area contributed by atoms with Crippen LogP contribution in [0.3, 0.4) is 0 Å². The van der Waals surface area contributed by atoms with E-state index in [4.69, 9.17) is 4.43 Å². The molecule has 0 radical (unpaired) electrons. The molecule has 2 nitrogen and oxygen atoms in total. The van der Waals surface area contributed by atoms with Crippen LogP contribution in [0.5, 0.6) is 0 Å². The summed E-state index contributed by atoms with van der Waals surface area (Å²) in [5, 5.41) is 0. The Kier molecular flexibility index (Phi) is 2.89. The molecular weight excluding hydrogens is 156 g/mol. The molecule has 0 saturated heterocycles. The Morgan fingerprint density at radius 3 is 1.64 bits per heavy atom. The molecule has 0 aliphatic carbocycles. The van der Waals surface area contributed by atoms with Crippen LogP contribution in [0.25, 0.3) is 0 Å². The van der Waals surface area contributed by atoms with E-state index in [9.17, 15) is 4.79 Å². The number of carbonyl (C=O) groups is 1. The molecule has 66 valence electrons. The maximum atomic E-state index is 11.3. The standard InChI is InChI=1S/C8H18O2Si/c1-8(2,3)7(9)10-11(4,5)6/h1-6H3. The molecule has 0 bridgehead atoms. The minimum absolute atomic E-state index is 0.0864. The highest BCUT2D eigenvalue weighted by Crippen LogP contribution is 2.18. The zero-order valence-electron chi connectivity index (χ0n) is 8.32. The van der Waals surface area contributed by atoms with Gasteiger partial charge >= 0.3 is 0 Å². The minimum atomic E-state index is -1.68. The molecule has 0 heterocycles. The largest absolute Gasteiger partial charge is 0.519 e. The molecule has 0 aliphatic heterocycles. The zero-order chi connectivity index (χ0) is 9.28. The summed E-state index contributed by atoms with van der Waals surface area (Å²) in [7, 11) is -1.68. The molecule has 0 aliphatic rings. The van der Waals surface area contributed by atoms with Crippen LogP contribution < -0.4 is 0 Å². The fourth-order valence-electron chi connectivity index (χ4n) is 0.431. The Morgan fingerprint density at radius 1 is 1.18 bits per heavy atom. The molecule has 0 N–H and O–H groups in total. The van der Waals surface area contributed by atoms with Gasteiger partial charge in [-0.1, -0.05) is 0 Å². The van der Waals surface area contributed by atoms with E-state index in [-0.39, 0.29) is 11.4 Å². The van der Waals surface area contributed by atoms with Gasteiger partial charge in [-0.3, -0.25) is 4.79 Å². The Balaban J connectivity index is 4.11. The van der Waals surface area contributed by atoms with E-state index in [2.05, 4.69) is 0 Å². The summed E-state index contributed by atoms with van der Waals surface area (Å²) in [5.41, 5.74) is -0.361. The van der Waals surface area contributed by atoms with Crippen molar-refractivity contribution in [2.45, 2.75) is 40.4 Å². The Labute approximate surface area is 70.1 Å². The van der Waals surface area contributed by atoms with Crippen molar-refractivity contribution in [3.8, 4) is 0 Å². The van der Waals surface area contributed by atoms with Gasteiger partial charge in [0.1, 0.15) is 0 Å². The highest BCUT2D eigenvalue weighted by molar-refractivity contribution is 6.71. The quantitative estimate of drug-likeness (QED) is 0.571. The van der Waals surface area contributed by atoms with Gasteiger partial charge in [0.05, 0.1) is 5.41 Å². The van der Waals surface area contributed by atoms with Crippen LogP contribution in [0.15, 0.2) is 0 Å². The van der Waals surface area contributed by atoms with Crippen molar-refractivity contribution in [2.75, 3.05) is 0 Å². The lowest BCUT2D eigenvalue weighted by molar-refractivity contribution is -0.143. The van der Waals surface area contributed by atoms with Crippen molar-refractivity contribution in [1.29, 1.82) is 0 Å². The lowest BCUT2D eigenvalue weighted by Crippen LogP contribution is -2.35. The summed E-state index contributed by atoms with van der Waals surface area (Å²) in [5.74, 6) is -0.0864. The molecule has 0 fully saturated rings. The Hall–Kier alpha value is -0.313. The average Bonchev–Trinajstić information content (AvgIpc) is 1.56. The monoisotopic (exact) mass is 174 g/mol. The zero-order valence-corrected chi connectivity index (χ0v) is 9.32. The highest BCUT2D eigenvalue weighted by Gasteiger charge is 2.28.